The number of pyridine rings is 3. The van der Waals surface area contributed by atoms with E-state index in [0.717, 1.165) is 45.0 Å². The van der Waals surface area contributed by atoms with Crippen LogP contribution in [0, 0.1) is 42.8 Å². The molecule has 0 fully saturated rings. The SMILES string of the molecule is CC(C)c1ccnc(-c2[c-]cc(F)cc2)c1.CC1(C)c2ccccc2-c2c[c-]c(-n3cccn3)cc21.Cc1ccnc(-c2[c-]cc(F)cc2)c1.[Ir].[Ir].[Ir].[Ir].[c-]1ccccc1-c1nccc2ccccc12. The van der Waals surface area contributed by atoms with Crippen LogP contribution < -0.4 is 0 Å². The molecule has 4 heterocycles. The number of hydrogen-bond acceptors (Lipinski definition) is 4. The smallest absolute Gasteiger partial charge is 0.0493 e. The van der Waals surface area contributed by atoms with Crippen LogP contribution in [0.4, 0.5) is 8.78 Å². The van der Waals surface area contributed by atoms with Crippen molar-refractivity contribution >= 4 is 10.8 Å². The molecule has 0 spiro atoms. The number of halogens is 2. The Balaban J connectivity index is 0.000000201. The minimum Gasteiger partial charge on any atom is -0.305 e. The van der Waals surface area contributed by atoms with Crippen LogP contribution in [0.2, 0.25) is 0 Å². The molecule has 10 aromatic rings. The van der Waals surface area contributed by atoms with Gasteiger partial charge in [-0.3, -0.25) is 13.5 Å². The summed E-state index contributed by atoms with van der Waals surface area (Å²) in [5, 5.41) is 6.68. The van der Waals surface area contributed by atoms with Crippen LogP contribution >= 0.6 is 0 Å². The first-order chi connectivity index (χ1) is 32.0. The molecule has 1 aliphatic rings. The fourth-order valence-electron chi connectivity index (χ4n) is 7.81. The number of aromatic nitrogens is 5. The van der Waals surface area contributed by atoms with Gasteiger partial charge in [-0.25, -0.2) is 0 Å². The van der Waals surface area contributed by atoms with Gasteiger partial charge in [0.05, 0.1) is 0 Å². The molecule has 0 saturated carbocycles. The summed E-state index contributed by atoms with van der Waals surface area (Å²) in [5.74, 6) is -0.0904. The number of fused-ring (bicyclic) bond motifs is 4. The zero-order chi connectivity index (χ0) is 46.0. The fourth-order valence-corrected chi connectivity index (χ4v) is 7.81. The topological polar surface area (TPSA) is 56.5 Å². The second-order valence-electron chi connectivity index (χ2n) is 16.6. The summed E-state index contributed by atoms with van der Waals surface area (Å²) in [6.07, 6.45) is 9.11. The third-order valence-electron chi connectivity index (χ3n) is 11.4. The second-order valence-corrected chi connectivity index (χ2v) is 16.6. The molecule has 0 N–H and O–H groups in total. The van der Waals surface area contributed by atoms with E-state index < -0.39 is 0 Å². The largest absolute Gasteiger partial charge is 0.305 e. The Morgan fingerprint density at radius 3 is 1.81 bits per heavy atom. The monoisotopic (exact) mass is 1640 g/mol. The van der Waals surface area contributed by atoms with Gasteiger partial charge in [0.15, 0.2) is 0 Å². The fraction of sp³-hybridized carbons (Fsp3) is 0.119. The van der Waals surface area contributed by atoms with Gasteiger partial charge < -0.3 is 15.0 Å². The Labute approximate surface area is 464 Å². The molecular formula is C59H47F2Ir4N5-4. The number of benzene rings is 6. The maximum atomic E-state index is 12.8. The zero-order valence-electron chi connectivity index (χ0n) is 38.8. The summed E-state index contributed by atoms with van der Waals surface area (Å²) in [5.41, 5.74) is 14.1. The van der Waals surface area contributed by atoms with E-state index in [9.17, 15) is 8.78 Å². The van der Waals surface area contributed by atoms with Crippen molar-refractivity contribution in [1.29, 1.82) is 0 Å². The van der Waals surface area contributed by atoms with Gasteiger partial charge in [0.2, 0.25) is 0 Å². The van der Waals surface area contributed by atoms with Gasteiger partial charge in [-0.1, -0.05) is 105 Å². The van der Waals surface area contributed by atoms with Crippen LogP contribution in [0.5, 0.6) is 0 Å². The number of nitrogens with zero attached hydrogens (tertiary/aromatic N) is 5. The van der Waals surface area contributed by atoms with E-state index in [1.165, 1.54) is 62.9 Å². The molecule has 11 heteroatoms. The van der Waals surface area contributed by atoms with Gasteiger partial charge in [-0.2, -0.15) is 17.2 Å². The first kappa shape index (κ1) is 57.3. The van der Waals surface area contributed by atoms with Crippen LogP contribution in [-0.4, -0.2) is 24.7 Å². The molecule has 6 aromatic carbocycles. The molecular weight excluding hydrogens is 1590 g/mol. The van der Waals surface area contributed by atoms with Gasteiger partial charge in [0.1, 0.15) is 0 Å². The average molecular weight is 1630 g/mol. The van der Waals surface area contributed by atoms with Crippen LogP contribution in [0.25, 0.3) is 61.4 Å². The predicted octanol–water partition coefficient (Wildman–Crippen LogP) is 14.5. The summed E-state index contributed by atoms with van der Waals surface area (Å²) in [6, 6.07) is 62.2. The normalized spacial score (nSPS) is 11.1. The van der Waals surface area contributed by atoms with E-state index in [2.05, 4.69) is 121 Å². The molecule has 0 aliphatic heterocycles. The van der Waals surface area contributed by atoms with Gasteiger partial charge >= 0.3 is 0 Å². The van der Waals surface area contributed by atoms with Crippen molar-refractivity contribution in [1.82, 2.24) is 24.7 Å². The average Bonchev–Trinajstić information content (AvgIpc) is 3.98. The molecule has 4 aromatic heterocycles. The Bertz CT molecular complexity index is 3180. The summed E-state index contributed by atoms with van der Waals surface area (Å²) in [6.45, 7) is 10.8. The van der Waals surface area contributed by atoms with E-state index in [1.807, 2.05) is 96.8 Å². The Hall–Kier alpha value is -5.30. The molecule has 0 atom stereocenters. The van der Waals surface area contributed by atoms with Crippen LogP contribution in [0.15, 0.2) is 189 Å². The summed E-state index contributed by atoms with van der Waals surface area (Å²) in [4.78, 5) is 12.9. The minimum atomic E-state index is -0.276. The van der Waals surface area contributed by atoms with Crippen molar-refractivity contribution in [2.24, 2.45) is 0 Å². The molecule has 0 amide bonds. The van der Waals surface area contributed by atoms with E-state index in [1.54, 1.807) is 30.7 Å². The van der Waals surface area contributed by atoms with E-state index in [0.29, 0.717) is 5.92 Å². The van der Waals surface area contributed by atoms with Crippen LogP contribution in [0.3, 0.4) is 0 Å². The first-order valence-electron chi connectivity index (χ1n) is 21.8. The van der Waals surface area contributed by atoms with Gasteiger partial charge in [0.25, 0.3) is 0 Å². The maximum absolute atomic E-state index is 12.8. The minimum absolute atomic E-state index is 0. The van der Waals surface area contributed by atoms with Crippen LogP contribution in [-0.2, 0) is 85.8 Å². The predicted molar refractivity (Wildman–Crippen MR) is 262 cm³/mol. The van der Waals surface area contributed by atoms with Crippen molar-refractivity contribution in [2.45, 2.75) is 46.0 Å². The summed E-state index contributed by atoms with van der Waals surface area (Å²) in [7, 11) is 0. The molecule has 0 bridgehead atoms. The van der Waals surface area contributed by atoms with Crippen molar-refractivity contribution in [2.75, 3.05) is 0 Å². The molecule has 0 unspecified atom stereocenters. The van der Waals surface area contributed by atoms with E-state index in [4.69, 9.17) is 0 Å². The standard InChI is InChI=1S/C18H15N2.C15H10N.C14H13FN.C12H9FN.4Ir/c1-18(2)16-7-4-3-6-14(16)15-9-8-13(12-17(15)18)20-11-5-10-19-20;1-2-7-13(8-3-1)15-14-9-5-4-6-12(14)10-11-16-15;1-10(2)12-7-8-16-14(9-12)11-3-5-13(15)6-4-11;1-9-6-7-14-12(8-9)10-2-4-11(13)5-3-10;;;;/h3-7,9-12H,1-2H3;1-7,9-11H;3,5-10H,1-2H3;2,4-8H,1H3;;;;/q4*-1;;;;. The van der Waals surface area contributed by atoms with Crippen molar-refractivity contribution in [3.05, 3.63) is 247 Å². The molecule has 4 radical (unpaired) electrons. The van der Waals surface area contributed by atoms with Gasteiger partial charge in [0, 0.05) is 123 Å². The zero-order valence-corrected chi connectivity index (χ0v) is 48.4. The Morgan fingerprint density at radius 2 is 1.19 bits per heavy atom. The molecule has 362 valence electrons. The molecule has 11 rings (SSSR count). The van der Waals surface area contributed by atoms with E-state index in [-0.39, 0.29) is 97.5 Å². The summed E-state index contributed by atoms with van der Waals surface area (Å²) >= 11 is 0. The Morgan fingerprint density at radius 1 is 0.543 bits per heavy atom. The quantitative estimate of drug-likeness (QED) is 0.161. The van der Waals surface area contributed by atoms with Crippen molar-refractivity contribution in [3.8, 4) is 50.6 Å². The number of aryl methyl sites for hydroxylation is 1. The second kappa shape index (κ2) is 26.8. The summed E-state index contributed by atoms with van der Waals surface area (Å²) < 4.78 is 27.2. The third-order valence-corrected chi connectivity index (χ3v) is 11.4. The maximum Gasteiger partial charge on any atom is 0.0493 e. The molecule has 1 aliphatic carbocycles. The Kier molecular flexibility index (Phi) is 21.9. The van der Waals surface area contributed by atoms with Gasteiger partial charge in [-0.15, -0.1) is 113 Å². The van der Waals surface area contributed by atoms with Crippen molar-refractivity contribution in [3.63, 3.8) is 0 Å². The number of hydrogen-bond donors (Lipinski definition) is 0. The van der Waals surface area contributed by atoms with E-state index >= 15 is 0 Å². The number of rotatable bonds is 5. The van der Waals surface area contributed by atoms with Gasteiger partial charge in [-0.05, 0) is 81.6 Å². The molecule has 0 saturated heterocycles. The molecule has 5 nitrogen and oxygen atoms in total. The molecule has 70 heavy (non-hydrogen) atoms. The first-order valence-corrected chi connectivity index (χ1v) is 21.8. The van der Waals surface area contributed by atoms with Crippen molar-refractivity contribution < 1.29 is 89.2 Å². The van der Waals surface area contributed by atoms with Crippen LogP contribution in [0.1, 0.15) is 55.9 Å². The third kappa shape index (κ3) is 14.0.